The fraction of sp³-hybridized carbons (Fsp3) is 0.353. The first-order valence-corrected chi connectivity index (χ1v) is 8.67. The molecule has 4 heteroatoms. The molecule has 2 aromatic rings. The smallest absolute Gasteiger partial charge is 0.0761 e. The van der Waals surface area contributed by atoms with Gasteiger partial charge in [-0.1, -0.05) is 38.1 Å². The molecule has 1 aromatic carbocycles. The van der Waals surface area contributed by atoms with Crippen LogP contribution in [0.15, 0.2) is 45.5 Å². The van der Waals surface area contributed by atoms with Gasteiger partial charge in [-0.3, -0.25) is 4.98 Å². The molecule has 0 aliphatic carbocycles. The van der Waals surface area contributed by atoms with E-state index in [0.29, 0.717) is 5.92 Å². The molecular weight excluding hydrogens is 392 g/mol. The van der Waals surface area contributed by atoms with E-state index in [1.807, 2.05) is 19.3 Å². The van der Waals surface area contributed by atoms with Crippen molar-refractivity contribution in [1.82, 2.24) is 10.3 Å². The summed E-state index contributed by atoms with van der Waals surface area (Å²) in [5.74, 6) is 0.658. The van der Waals surface area contributed by atoms with Crippen LogP contribution in [0.2, 0.25) is 0 Å². The lowest BCUT2D eigenvalue weighted by molar-refractivity contribution is 0.640. The van der Waals surface area contributed by atoms with Gasteiger partial charge in [0.25, 0.3) is 0 Å². The molecule has 0 saturated heterocycles. The van der Waals surface area contributed by atoms with Gasteiger partial charge in [0.15, 0.2) is 0 Å². The number of hydrogen-bond donors (Lipinski definition) is 1. The van der Waals surface area contributed by atoms with Crippen LogP contribution in [-0.2, 0) is 6.42 Å². The first kappa shape index (κ1) is 16.7. The van der Waals surface area contributed by atoms with Gasteiger partial charge in [0.05, 0.1) is 11.7 Å². The molecule has 0 bridgehead atoms. The van der Waals surface area contributed by atoms with E-state index in [0.717, 1.165) is 21.1 Å². The summed E-state index contributed by atoms with van der Waals surface area (Å²) in [6.45, 7) is 4.49. The maximum Gasteiger partial charge on any atom is 0.0761 e. The minimum absolute atomic E-state index is 0.0830. The van der Waals surface area contributed by atoms with Gasteiger partial charge in [-0.05, 0) is 68.4 Å². The van der Waals surface area contributed by atoms with Crippen molar-refractivity contribution in [1.29, 1.82) is 0 Å². The number of benzene rings is 1. The quantitative estimate of drug-likeness (QED) is 0.738. The van der Waals surface area contributed by atoms with Crippen LogP contribution < -0.4 is 5.32 Å². The van der Waals surface area contributed by atoms with Crippen LogP contribution >= 0.6 is 31.9 Å². The second kappa shape index (κ2) is 7.52. The van der Waals surface area contributed by atoms with Gasteiger partial charge >= 0.3 is 0 Å². The lowest BCUT2D eigenvalue weighted by atomic mass is 9.97. The zero-order valence-corrected chi connectivity index (χ0v) is 15.7. The molecular formula is C17H20Br2N2. The Morgan fingerprint density at radius 2 is 1.95 bits per heavy atom. The van der Waals surface area contributed by atoms with Crippen molar-refractivity contribution in [2.75, 3.05) is 7.05 Å². The maximum absolute atomic E-state index is 4.56. The summed E-state index contributed by atoms with van der Waals surface area (Å²) in [6.07, 6.45) is 2.93. The monoisotopic (exact) mass is 410 g/mol. The summed E-state index contributed by atoms with van der Waals surface area (Å²) in [5.41, 5.74) is 3.62. The van der Waals surface area contributed by atoms with Crippen molar-refractivity contribution < 1.29 is 0 Å². The van der Waals surface area contributed by atoms with Gasteiger partial charge in [-0.25, -0.2) is 0 Å². The molecule has 2 nitrogen and oxygen atoms in total. The van der Waals surface area contributed by atoms with Crippen LogP contribution in [0, 0.1) is 5.92 Å². The van der Waals surface area contributed by atoms with E-state index in [1.54, 1.807) is 0 Å². The van der Waals surface area contributed by atoms with Crippen molar-refractivity contribution in [3.05, 3.63) is 62.3 Å². The van der Waals surface area contributed by atoms with Gasteiger partial charge in [0.2, 0.25) is 0 Å². The molecule has 0 radical (unpaired) electrons. The molecule has 0 amide bonds. The molecule has 1 aromatic heterocycles. The van der Waals surface area contributed by atoms with E-state index in [2.05, 4.69) is 80.3 Å². The largest absolute Gasteiger partial charge is 0.308 e. The zero-order valence-electron chi connectivity index (χ0n) is 12.5. The third-order valence-electron chi connectivity index (χ3n) is 3.33. The number of nitrogens with zero attached hydrogens (tertiary/aromatic N) is 1. The number of pyridine rings is 1. The summed E-state index contributed by atoms with van der Waals surface area (Å²) in [7, 11) is 1.97. The molecule has 2 rings (SSSR count). The minimum Gasteiger partial charge on any atom is -0.308 e. The predicted molar refractivity (Wildman–Crippen MR) is 95.5 cm³/mol. The fourth-order valence-corrected chi connectivity index (χ4v) is 3.69. The lowest BCUT2D eigenvalue weighted by Crippen LogP contribution is -2.19. The number of rotatable bonds is 5. The highest BCUT2D eigenvalue weighted by molar-refractivity contribution is 9.11. The summed E-state index contributed by atoms with van der Waals surface area (Å²) in [6, 6.07) is 10.9. The Hall–Kier alpha value is -0.710. The van der Waals surface area contributed by atoms with E-state index in [4.69, 9.17) is 0 Å². The molecule has 1 atom stereocenters. The Labute approximate surface area is 143 Å². The molecule has 21 heavy (non-hydrogen) atoms. The number of nitrogens with one attached hydrogen (secondary N) is 1. The second-order valence-electron chi connectivity index (χ2n) is 5.59. The second-order valence-corrected chi connectivity index (χ2v) is 7.36. The average molecular weight is 412 g/mol. The summed E-state index contributed by atoms with van der Waals surface area (Å²) >= 11 is 7.06. The third-order valence-corrected chi connectivity index (χ3v) is 4.40. The lowest BCUT2D eigenvalue weighted by Gasteiger charge is -2.19. The molecule has 112 valence electrons. The molecule has 1 unspecified atom stereocenters. The van der Waals surface area contributed by atoms with E-state index in [-0.39, 0.29) is 6.04 Å². The average Bonchev–Trinajstić information content (AvgIpc) is 2.41. The highest BCUT2D eigenvalue weighted by atomic mass is 79.9. The van der Waals surface area contributed by atoms with Gasteiger partial charge in [-0.15, -0.1) is 0 Å². The van der Waals surface area contributed by atoms with Gasteiger partial charge < -0.3 is 5.32 Å². The van der Waals surface area contributed by atoms with Crippen LogP contribution in [-0.4, -0.2) is 12.0 Å². The molecule has 0 aliphatic heterocycles. The molecule has 0 saturated carbocycles. The molecule has 1 N–H and O–H groups in total. The van der Waals surface area contributed by atoms with Crippen molar-refractivity contribution in [3.8, 4) is 0 Å². The van der Waals surface area contributed by atoms with E-state index < -0.39 is 0 Å². The van der Waals surface area contributed by atoms with E-state index >= 15 is 0 Å². The van der Waals surface area contributed by atoms with Gasteiger partial charge in [0.1, 0.15) is 0 Å². The normalized spacial score (nSPS) is 12.7. The summed E-state index contributed by atoms with van der Waals surface area (Å²) in [5, 5.41) is 3.37. The first-order valence-electron chi connectivity index (χ1n) is 7.08. The fourth-order valence-electron chi connectivity index (χ4n) is 2.47. The number of aromatic nitrogens is 1. The van der Waals surface area contributed by atoms with E-state index in [9.17, 15) is 0 Å². The Morgan fingerprint density at radius 1 is 1.19 bits per heavy atom. The van der Waals surface area contributed by atoms with Crippen molar-refractivity contribution in [2.45, 2.75) is 26.3 Å². The summed E-state index contributed by atoms with van der Waals surface area (Å²) in [4.78, 5) is 4.56. The zero-order chi connectivity index (χ0) is 15.4. The Bertz CT molecular complexity index is 611. The minimum atomic E-state index is 0.0830. The van der Waals surface area contributed by atoms with Crippen LogP contribution in [0.25, 0.3) is 0 Å². The standard InChI is InChI=1S/C17H20Br2N2/c1-11(2)7-12-5-4-6-13(8-12)16(20-3)17-15(19)9-14(18)10-21-17/h4-6,8-11,16,20H,7H2,1-3H3. The molecule has 0 fully saturated rings. The molecule has 1 heterocycles. The SMILES string of the molecule is CNC(c1cccc(CC(C)C)c1)c1ncc(Br)cc1Br. The highest BCUT2D eigenvalue weighted by Gasteiger charge is 2.17. The Morgan fingerprint density at radius 3 is 2.57 bits per heavy atom. The Balaban J connectivity index is 2.37. The summed E-state index contributed by atoms with van der Waals surface area (Å²) < 4.78 is 1.98. The first-order chi connectivity index (χ1) is 10.0. The van der Waals surface area contributed by atoms with E-state index in [1.165, 1.54) is 11.1 Å². The Kier molecular flexibility index (Phi) is 5.97. The topological polar surface area (TPSA) is 24.9 Å². The van der Waals surface area contributed by atoms with Crippen LogP contribution in [0.5, 0.6) is 0 Å². The highest BCUT2D eigenvalue weighted by Crippen LogP contribution is 2.29. The van der Waals surface area contributed by atoms with Crippen molar-refractivity contribution in [3.63, 3.8) is 0 Å². The molecule has 0 aliphatic rings. The maximum atomic E-state index is 4.56. The van der Waals surface area contributed by atoms with Crippen LogP contribution in [0.3, 0.4) is 0 Å². The van der Waals surface area contributed by atoms with Crippen LogP contribution in [0.4, 0.5) is 0 Å². The van der Waals surface area contributed by atoms with Gasteiger partial charge in [-0.2, -0.15) is 0 Å². The number of halogens is 2. The van der Waals surface area contributed by atoms with Gasteiger partial charge in [0, 0.05) is 15.1 Å². The third kappa shape index (κ3) is 4.38. The van der Waals surface area contributed by atoms with Crippen molar-refractivity contribution in [2.24, 2.45) is 5.92 Å². The van der Waals surface area contributed by atoms with Crippen LogP contribution in [0.1, 0.15) is 36.7 Å². The van der Waals surface area contributed by atoms with Crippen molar-refractivity contribution >= 4 is 31.9 Å². The molecule has 0 spiro atoms. The predicted octanol–water partition coefficient (Wildman–Crippen LogP) is 5.11. The number of hydrogen-bond acceptors (Lipinski definition) is 2.